The van der Waals surface area contributed by atoms with Crippen molar-refractivity contribution in [2.45, 2.75) is 57.9 Å². The number of piperazine rings is 1. The third-order valence-corrected chi connectivity index (χ3v) is 9.65. The molecule has 2 fully saturated rings. The molecule has 3 amide bonds. The number of alkyl halides is 3. The predicted octanol–water partition coefficient (Wildman–Crippen LogP) is 3.65. The first-order valence-corrected chi connectivity index (χ1v) is 16.9. The number of ether oxygens (including phenoxy) is 1. The fourth-order valence-corrected chi connectivity index (χ4v) is 6.90. The van der Waals surface area contributed by atoms with Gasteiger partial charge in [-0.3, -0.25) is 14.4 Å². The van der Waals surface area contributed by atoms with E-state index in [1.807, 2.05) is 6.08 Å². The van der Waals surface area contributed by atoms with Gasteiger partial charge in [-0.15, -0.1) is 0 Å². The van der Waals surface area contributed by atoms with Crippen LogP contribution in [0.4, 0.5) is 18.9 Å². The molecule has 0 aliphatic carbocycles. The van der Waals surface area contributed by atoms with Crippen molar-refractivity contribution < 1.29 is 37.4 Å². The fourth-order valence-electron chi connectivity index (χ4n) is 6.67. The summed E-state index contributed by atoms with van der Waals surface area (Å²) in [6.07, 6.45) is 2.32. The van der Waals surface area contributed by atoms with Crippen molar-refractivity contribution in [3.05, 3.63) is 69.5 Å². The van der Waals surface area contributed by atoms with E-state index >= 15 is 0 Å². The summed E-state index contributed by atoms with van der Waals surface area (Å²) in [6.45, 7) is 7.13. The van der Waals surface area contributed by atoms with Crippen LogP contribution < -0.4 is 10.7 Å². The molecule has 14 nitrogen and oxygen atoms in total. The van der Waals surface area contributed by atoms with E-state index in [0.717, 1.165) is 61.7 Å². The van der Waals surface area contributed by atoms with Crippen LogP contribution in [0.3, 0.4) is 0 Å². The molecular formula is C33H37ClF3N9O5. The van der Waals surface area contributed by atoms with Crippen LogP contribution >= 0.6 is 11.6 Å². The van der Waals surface area contributed by atoms with Crippen LogP contribution in [0.1, 0.15) is 54.4 Å². The number of aliphatic imine (C=N–C) groups is 1. The number of allylic oxidation sites excluding steroid dienone is 1. The summed E-state index contributed by atoms with van der Waals surface area (Å²) in [5, 5.41) is 14.0. The summed E-state index contributed by atoms with van der Waals surface area (Å²) in [4.78, 5) is 56.1. The van der Waals surface area contributed by atoms with Crippen LogP contribution in [0, 0.1) is 6.92 Å². The van der Waals surface area contributed by atoms with Crippen molar-refractivity contribution >= 4 is 41.5 Å². The number of nitrogens with one attached hydrogen (secondary N) is 2. The third kappa shape index (κ3) is 7.23. The Hall–Kier alpha value is -4.74. The van der Waals surface area contributed by atoms with Crippen LogP contribution in [0.25, 0.3) is 0 Å². The highest BCUT2D eigenvalue weighted by molar-refractivity contribution is 6.33. The number of hydrogen-bond acceptors (Lipinski definition) is 11. The molecule has 2 unspecified atom stereocenters. The Kier molecular flexibility index (Phi) is 10.5. The molecule has 6 heterocycles. The summed E-state index contributed by atoms with van der Waals surface area (Å²) in [6, 6.07) is 2.65. The summed E-state index contributed by atoms with van der Waals surface area (Å²) in [7, 11) is 0. The van der Waals surface area contributed by atoms with Crippen LogP contribution in [0.15, 0.2) is 52.6 Å². The first-order valence-electron chi connectivity index (χ1n) is 16.5. The van der Waals surface area contributed by atoms with E-state index in [9.17, 15) is 32.7 Å². The van der Waals surface area contributed by atoms with Gasteiger partial charge in [-0.1, -0.05) is 24.6 Å². The van der Waals surface area contributed by atoms with Gasteiger partial charge in [0, 0.05) is 32.2 Å². The Bertz CT molecular complexity index is 1800. The smallest absolute Gasteiger partial charge is 0.416 e. The van der Waals surface area contributed by atoms with Crippen molar-refractivity contribution in [3.8, 4) is 5.75 Å². The number of aromatic nitrogens is 2. The molecule has 0 spiro atoms. The van der Waals surface area contributed by atoms with Gasteiger partial charge < -0.3 is 29.9 Å². The third-order valence-electron chi connectivity index (χ3n) is 9.33. The van der Waals surface area contributed by atoms with Crippen LogP contribution in [-0.4, -0.2) is 111 Å². The number of carbonyl (C=O) groups excluding carboxylic acids is 3. The van der Waals surface area contributed by atoms with E-state index in [4.69, 9.17) is 21.3 Å². The van der Waals surface area contributed by atoms with Gasteiger partial charge >= 0.3 is 6.18 Å². The quantitative estimate of drug-likeness (QED) is 0.296. The van der Waals surface area contributed by atoms with Gasteiger partial charge in [-0.05, 0) is 56.4 Å². The Morgan fingerprint density at radius 1 is 1.22 bits per heavy atom. The maximum Gasteiger partial charge on any atom is 0.416 e. The van der Waals surface area contributed by atoms with E-state index in [-0.39, 0.29) is 46.2 Å². The number of fused-ring (bicyclic) bond motifs is 3. The number of rotatable bonds is 6. The van der Waals surface area contributed by atoms with Gasteiger partial charge in [0.1, 0.15) is 18.2 Å². The summed E-state index contributed by atoms with van der Waals surface area (Å²) in [5.41, 5.74) is 5.88. The monoisotopic (exact) mass is 731 g/mol. The highest BCUT2D eigenvalue weighted by Crippen LogP contribution is 2.37. The SMILES string of the molecule is CCC1CN(C(=O)c2ncnc(C)c2O)CCN1C1=C2CCCN2C2=NC(C3=CCOCC3)NN2C1=O.O=CNc1ccc(C(F)(F)F)cc1Cl. The Balaban J connectivity index is 0.000000270. The lowest BCUT2D eigenvalue weighted by molar-refractivity contribution is -0.137. The number of amides is 3. The lowest BCUT2D eigenvalue weighted by atomic mass is 10.0. The van der Waals surface area contributed by atoms with Crippen molar-refractivity contribution in [2.75, 3.05) is 44.7 Å². The number of anilines is 1. The minimum Gasteiger partial charge on any atom is -0.504 e. The van der Waals surface area contributed by atoms with Crippen molar-refractivity contribution in [1.82, 2.24) is 35.1 Å². The molecule has 0 saturated carbocycles. The van der Waals surface area contributed by atoms with Gasteiger partial charge in [0.2, 0.25) is 12.4 Å². The molecule has 18 heteroatoms. The van der Waals surface area contributed by atoms with E-state index in [2.05, 4.69) is 37.4 Å². The molecule has 1 aromatic carbocycles. The largest absolute Gasteiger partial charge is 0.504 e. The van der Waals surface area contributed by atoms with E-state index < -0.39 is 11.7 Å². The second-order valence-corrected chi connectivity index (χ2v) is 12.8. The number of carbonyl (C=O) groups is 3. The molecule has 0 bridgehead atoms. The molecular weight excluding hydrogens is 695 g/mol. The molecule has 3 N–H and O–H groups in total. The summed E-state index contributed by atoms with van der Waals surface area (Å²) in [5.74, 6) is 0.0805. The Morgan fingerprint density at radius 2 is 2.02 bits per heavy atom. The number of nitrogens with zero attached hydrogens (tertiary/aromatic N) is 7. The zero-order valence-corrected chi connectivity index (χ0v) is 28.7. The van der Waals surface area contributed by atoms with Crippen molar-refractivity contribution in [1.29, 1.82) is 0 Å². The number of hydrazine groups is 1. The molecule has 2 aromatic rings. The first kappa shape index (κ1) is 36.1. The predicted molar refractivity (Wildman–Crippen MR) is 179 cm³/mol. The molecule has 5 aliphatic rings. The van der Waals surface area contributed by atoms with Crippen molar-refractivity contribution in [2.24, 2.45) is 4.99 Å². The van der Waals surface area contributed by atoms with Crippen molar-refractivity contribution in [3.63, 3.8) is 0 Å². The van der Waals surface area contributed by atoms with Gasteiger partial charge in [0.25, 0.3) is 11.8 Å². The molecule has 1 aromatic heterocycles. The van der Waals surface area contributed by atoms with Crippen LogP contribution in [-0.2, 0) is 20.5 Å². The average molecular weight is 732 g/mol. The second-order valence-electron chi connectivity index (χ2n) is 12.4. The maximum atomic E-state index is 13.9. The topological polar surface area (TPSA) is 156 Å². The molecule has 272 valence electrons. The molecule has 7 rings (SSSR count). The fraction of sp³-hybridized carbons (Fsp3) is 0.455. The maximum absolute atomic E-state index is 13.9. The number of benzene rings is 1. The van der Waals surface area contributed by atoms with Gasteiger partial charge in [0.15, 0.2) is 11.4 Å². The average Bonchev–Trinajstić information content (AvgIpc) is 3.79. The van der Waals surface area contributed by atoms with E-state index in [0.29, 0.717) is 56.6 Å². The minimum absolute atomic E-state index is 0.0177. The summed E-state index contributed by atoms with van der Waals surface area (Å²) < 4.78 is 41.9. The number of hydrogen-bond donors (Lipinski definition) is 3. The van der Waals surface area contributed by atoms with E-state index in [1.165, 1.54) is 6.33 Å². The highest BCUT2D eigenvalue weighted by Gasteiger charge is 2.47. The highest BCUT2D eigenvalue weighted by atomic mass is 35.5. The first-order chi connectivity index (χ1) is 24.4. The van der Waals surface area contributed by atoms with Crippen LogP contribution in [0.2, 0.25) is 5.02 Å². The lowest BCUT2D eigenvalue weighted by Gasteiger charge is -2.46. The molecule has 2 saturated heterocycles. The second kappa shape index (κ2) is 14.9. The molecule has 5 aliphatic heterocycles. The number of halogens is 4. The minimum atomic E-state index is -4.43. The number of aromatic hydroxyl groups is 1. The summed E-state index contributed by atoms with van der Waals surface area (Å²) >= 11 is 5.49. The van der Waals surface area contributed by atoms with Gasteiger partial charge in [-0.2, -0.15) is 18.6 Å². The Morgan fingerprint density at radius 3 is 2.71 bits per heavy atom. The molecule has 51 heavy (non-hydrogen) atoms. The Labute approximate surface area is 296 Å². The lowest BCUT2D eigenvalue weighted by Crippen LogP contribution is -2.61. The zero-order chi connectivity index (χ0) is 36.4. The normalized spacial score (nSPS) is 21.8. The van der Waals surface area contributed by atoms with Gasteiger partial charge in [-0.25, -0.2) is 20.0 Å². The molecule has 2 atom stereocenters. The number of aryl methyl sites for hydroxylation is 1. The zero-order valence-electron chi connectivity index (χ0n) is 27.9. The van der Waals surface area contributed by atoms with Gasteiger partial charge in [0.05, 0.1) is 40.9 Å². The van der Waals surface area contributed by atoms with Crippen LogP contribution in [0.5, 0.6) is 5.75 Å². The van der Waals surface area contributed by atoms with E-state index in [1.54, 1.807) is 16.8 Å². The molecule has 0 radical (unpaired) electrons. The standard InChI is InChI=1S/C25H32N8O4.C8H5ClF3NO/c1-3-17-13-30(23(35)19-21(34)15(2)26-14-27-19)9-10-31(17)20-18-5-4-8-32(18)25-28-22(29-33(25)24(20)36)16-6-11-37-12-7-16;9-6-3-5(8(10,11)12)1-2-7(6)13-4-14/h6,14,17,22,29,34H,3-5,7-13H2,1-2H3;1-4H,(H,13,14). The number of guanidine groups is 1.